The minimum Gasteiger partial charge on any atom is -0.456 e. The number of rotatable bonds is 11. The van der Waals surface area contributed by atoms with Gasteiger partial charge >= 0.3 is 5.97 Å². The third-order valence-corrected chi connectivity index (χ3v) is 7.09. The molecule has 190 valence electrons. The summed E-state index contributed by atoms with van der Waals surface area (Å²) >= 11 is 7.22. The molecule has 1 N–H and O–H groups in total. The van der Waals surface area contributed by atoms with Crippen molar-refractivity contribution in [3.63, 3.8) is 0 Å². The van der Waals surface area contributed by atoms with Crippen LogP contribution in [0.5, 0.6) is 0 Å². The molecular formula is C28H29ClO6S. The molecule has 0 aromatic heterocycles. The summed E-state index contributed by atoms with van der Waals surface area (Å²) in [5, 5.41) is 10.2. The zero-order valence-corrected chi connectivity index (χ0v) is 21.2. The summed E-state index contributed by atoms with van der Waals surface area (Å²) in [6, 6.07) is 29.3. The van der Waals surface area contributed by atoms with Crippen LogP contribution in [0.1, 0.15) is 11.1 Å². The molecule has 1 aliphatic rings. The van der Waals surface area contributed by atoms with E-state index in [0.29, 0.717) is 6.61 Å². The first kappa shape index (κ1) is 26.7. The summed E-state index contributed by atoms with van der Waals surface area (Å²) in [7, 11) is 0. The van der Waals surface area contributed by atoms with Gasteiger partial charge in [-0.05, 0) is 23.3 Å². The van der Waals surface area contributed by atoms with Crippen molar-refractivity contribution in [2.75, 3.05) is 12.5 Å². The Morgan fingerprint density at radius 1 is 0.806 bits per heavy atom. The molecule has 0 spiro atoms. The van der Waals surface area contributed by atoms with Crippen molar-refractivity contribution < 1.29 is 28.8 Å². The van der Waals surface area contributed by atoms with Crippen LogP contribution in [0.2, 0.25) is 0 Å². The summed E-state index contributed by atoms with van der Waals surface area (Å²) in [5.74, 6) is -0.939. The molecule has 1 aliphatic heterocycles. The van der Waals surface area contributed by atoms with Crippen LogP contribution in [0.4, 0.5) is 0 Å². The van der Waals surface area contributed by atoms with Crippen LogP contribution < -0.4 is 0 Å². The molecule has 5 atom stereocenters. The predicted octanol–water partition coefficient (Wildman–Crippen LogP) is 4.82. The van der Waals surface area contributed by atoms with E-state index in [-0.39, 0.29) is 19.1 Å². The lowest BCUT2D eigenvalue weighted by atomic mass is 9.99. The number of hydrogen-bond donors (Lipinski definition) is 1. The quantitative estimate of drug-likeness (QED) is 0.282. The lowest BCUT2D eigenvalue weighted by molar-refractivity contribution is -0.245. The van der Waals surface area contributed by atoms with E-state index in [1.165, 1.54) is 11.8 Å². The molecule has 0 bridgehead atoms. The average molecular weight is 529 g/mol. The van der Waals surface area contributed by atoms with Gasteiger partial charge in [-0.1, -0.05) is 90.6 Å². The number of esters is 1. The van der Waals surface area contributed by atoms with Crippen LogP contribution in [-0.2, 0) is 37.0 Å². The Bertz CT molecular complexity index is 1060. The fourth-order valence-electron chi connectivity index (χ4n) is 3.98. The molecular weight excluding hydrogens is 500 g/mol. The molecule has 1 saturated heterocycles. The van der Waals surface area contributed by atoms with E-state index in [1.807, 2.05) is 91.0 Å². The second-order valence-electron chi connectivity index (χ2n) is 8.27. The van der Waals surface area contributed by atoms with Crippen LogP contribution in [0.3, 0.4) is 0 Å². The Kier molecular flexibility index (Phi) is 10.2. The van der Waals surface area contributed by atoms with Gasteiger partial charge in [-0.3, -0.25) is 4.79 Å². The zero-order valence-electron chi connectivity index (χ0n) is 19.7. The smallest absolute Gasteiger partial charge is 0.321 e. The van der Waals surface area contributed by atoms with Gasteiger partial charge < -0.3 is 24.1 Å². The molecule has 8 heteroatoms. The number of aliphatic hydroxyl groups is 1. The lowest BCUT2D eigenvalue weighted by Gasteiger charge is -2.45. The molecule has 1 heterocycles. The lowest BCUT2D eigenvalue weighted by Crippen LogP contribution is -2.60. The Hall–Kier alpha value is -2.39. The maximum Gasteiger partial charge on any atom is 0.321 e. The van der Waals surface area contributed by atoms with Crippen molar-refractivity contribution in [1.82, 2.24) is 0 Å². The summed E-state index contributed by atoms with van der Waals surface area (Å²) in [5.41, 5.74) is 1.42. The number of thioether (sulfide) groups is 1. The van der Waals surface area contributed by atoms with Gasteiger partial charge in [0.05, 0.1) is 19.8 Å². The topological polar surface area (TPSA) is 74.2 Å². The van der Waals surface area contributed by atoms with Gasteiger partial charge in [0, 0.05) is 4.90 Å². The second kappa shape index (κ2) is 13.8. The van der Waals surface area contributed by atoms with E-state index in [0.717, 1.165) is 16.0 Å². The molecule has 6 nitrogen and oxygen atoms in total. The van der Waals surface area contributed by atoms with E-state index in [4.69, 9.17) is 30.5 Å². The van der Waals surface area contributed by atoms with Gasteiger partial charge in [0.2, 0.25) is 0 Å². The molecule has 1 fully saturated rings. The predicted molar refractivity (Wildman–Crippen MR) is 139 cm³/mol. The molecule has 36 heavy (non-hydrogen) atoms. The minimum atomic E-state index is -0.904. The van der Waals surface area contributed by atoms with E-state index in [1.54, 1.807) is 0 Å². The summed E-state index contributed by atoms with van der Waals surface area (Å²) in [6.45, 7) is 0.223. The van der Waals surface area contributed by atoms with Crippen molar-refractivity contribution in [2.45, 2.75) is 48.0 Å². The van der Waals surface area contributed by atoms with Crippen LogP contribution in [0, 0.1) is 0 Å². The molecule has 0 amide bonds. The third kappa shape index (κ3) is 7.32. The van der Waals surface area contributed by atoms with Crippen LogP contribution in [0.15, 0.2) is 95.9 Å². The van der Waals surface area contributed by atoms with Crippen molar-refractivity contribution >= 4 is 29.3 Å². The number of aliphatic hydroxyl groups excluding tert-OH is 1. The maximum atomic E-state index is 12.2. The van der Waals surface area contributed by atoms with E-state index in [2.05, 4.69) is 0 Å². The summed E-state index contributed by atoms with van der Waals surface area (Å²) < 4.78 is 24.7. The van der Waals surface area contributed by atoms with Crippen LogP contribution in [-0.4, -0.2) is 53.4 Å². The number of alkyl halides is 1. The normalized spacial score (nSPS) is 23.8. The minimum absolute atomic E-state index is 0.270. The molecule has 4 rings (SSSR count). The Labute approximate surface area is 220 Å². The molecule has 3 aromatic carbocycles. The first-order valence-corrected chi connectivity index (χ1v) is 13.1. The summed E-state index contributed by atoms with van der Waals surface area (Å²) in [4.78, 5) is 13.2. The maximum absolute atomic E-state index is 12.2. The highest BCUT2D eigenvalue weighted by molar-refractivity contribution is 7.99. The number of ether oxygens (including phenoxy) is 4. The molecule has 0 unspecified atom stereocenters. The van der Waals surface area contributed by atoms with E-state index < -0.39 is 35.8 Å². The Balaban J connectivity index is 1.64. The van der Waals surface area contributed by atoms with Gasteiger partial charge in [-0.2, -0.15) is 0 Å². The fourth-order valence-corrected chi connectivity index (χ4v) is 5.19. The van der Waals surface area contributed by atoms with Crippen molar-refractivity contribution in [2.24, 2.45) is 0 Å². The number of halogens is 1. The highest BCUT2D eigenvalue weighted by Crippen LogP contribution is 2.37. The summed E-state index contributed by atoms with van der Waals surface area (Å²) in [6.07, 6.45) is -3.04. The van der Waals surface area contributed by atoms with Gasteiger partial charge in [0.25, 0.3) is 0 Å². The van der Waals surface area contributed by atoms with E-state index in [9.17, 15) is 9.90 Å². The molecule has 0 radical (unpaired) electrons. The monoisotopic (exact) mass is 528 g/mol. The third-order valence-electron chi connectivity index (χ3n) is 5.71. The van der Waals surface area contributed by atoms with Crippen LogP contribution >= 0.6 is 23.4 Å². The van der Waals surface area contributed by atoms with Gasteiger partial charge in [0.15, 0.2) is 6.10 Å². The first-order valence-electron chi connectivity index (χ1n) is 11.7. The average Bonchev–Trinajstić information content (AvgIpc) is 2.93. The van der Waals surface area contributed by atoms with Crippen molar-refractivity contribution in [3.8, 4) is 0 Å². The Morgan fingerprint density at radius 2 is 1.33 bits per heavy atom. The van der Waals surface area contributed by atoms with Crippen LogP contribution in [0.25, 0.3) is 0 Å². The SMILES string of the molecule is O=C(CCl)O[C@H]1[C@H](OCc2ccccc2)[C@@H](OCc2ccccc2)[C@H](Sc2ccccc2)O[C@@H]1CO. The zero-order chi connectivity index (χ0) is 25.2. The number of carbonyl (C=O) groups is 1. The number of hydrogen-bond acceptors (Lipinski definition) is 7. The number of benzene rings is 3. The van der Waals surface area contributed by atoms with Crippen molar-refractivity contribution in [3.05, 3.63) is 102 Å². The van der Waals surface area contributed by atoms with Crippen molar-refractivity contribution in [1.29, 1.82) is 0 Å². The second-order valence-corrected chi connectivity index (χ2v) is 9.71. The molecule has 0 aliphatic carbocycles. The van der Waals surface area contributed by atoms with Gasteiger partial charge in [0.1, 0.15) is 29.6 Å². The van der Waals surface area contributed by atoms with E-state index >= 15 is 0 Å². The molecule has 3 aromatic rings. The standard InChI is InChI=1S/C28H29ClO6S/c29-16-24(31)35-25-23(17-30)34-28(36-22-14-8-3-9-15-22)27(33-19-21-12-6-2-7-13-21)26(25)32-18-20-10-4-1-5-11-20/h1-15,23,25-28,30H,16-19H2/t23-,25-,26+,27-,28+/m1/s1. The Morgan fingerprint density at radius 3 is 1.86 bits per heavy atom. The highest BCUT2D eigenvalue weighted by Gasteiger charge is 2.49. The van der Waals surface area contributed by atoms with Gasteiger partial charge in [-0.15, -0.1) is 11.6 Å². The highest BCUT2D eigenvalue weighted by atomic mass is 35.5. The molecule has 0 saturated carbocycles. The number of carbonyl (C=O) groups excluding carboxylic acids is 1. The van der Waals surface area contributed by atoms with Gasteiger partial charge in [-0.25, -0.2) is 0 Å². The first-order chi connectivity index (χ1) is 17.7. The fraction of sp³-hybridized carbons (Fsp3) is 0.321. The largest absolute Gasteiger partial charge is 0.456 e.